The van der Waals surface area contributed by atoms with Crippen LogP contribution in [0.25, 0.3) is 0 Å². The molecule has 132 valence electrons. The van der Waals surface area contributed by atoms with Gasteiger partial charge < -0.3 is 25.2 Å². The Morgan fingerprint density at radius 1 is 1.00 bits per heavy atom. The van der Waals surface area contributed by atoms with Crippen LogP contribution in [0.2, 0.25) is 0 Å². The Labute approximate surface area is 123 Å². The number of rotatable bonds is 6. The second kappa shape index (κ2) is 6.95. The molecule has 1 unspecified atom stereocenters. The van der Waals surface area contributed by atoms with Crippen molar-refractivity contribution in [2.24, 2.45) is 0 Å². The molecular formula is C6H13NO13S2. The smallest absolute Gasteiger partial charge is 0.388 e. The highest BCUT2D eigenvalue weighted by Gasteiger charge is 2.48. The average Bonchev–Trinajstić information content (AvgIpc) is 2.29. The summed E-state index contributed by atoms with van der Waals surface area (Å²) >= 11 is 0. The van der Waals surface area contributed by atoms with Gasteiger partial charge in [0.15, 0.2) is 6.29 Å². The number of hydroxylamine groups is 1. The Morgan fingerprint density at radius 3 is 2.00 bits per heavy atom. The van der Waals surface area contributed by atoms with E-state index >= 15 is 0 Å². The minimum atomic E-state index is -5.13. The Bertz CT molecular complexity index is 571. The minimum absolute atomic E-state index is 1.49. The van der Waals surface area contributed by atoms with Gasteiger partial charge in [-0.2, -0.15) is 26.6 Å². The lowest BCUT2D eigenvalue weighted by molar-refractivity contribution is -0.295. The van der Waals surface area contributed by atoms with E-state index in [1.807, 2.05) is 0 Å². The molecule has 0 bridgehead atoms. The first-order chi connectivity index (χ1) is 9.82. The van der Waals surface area contributed by atoms with Crippen molar-refractivity contribution in [1.29, 1.82) is 0 Å². The monoisotopic (exact) mass is 371 g/mol. The maximum absolute atomic E-state index is 10.4. The summed E-state index contributed by atoms with van der Waals surface area (Å²) in [4.78, 5) is 0. The minimum Gasteiger partial charge on any atom is -0.388 e. The lowest BCUT2D eigenvalue weighted by Crippen LogP contribution is -2.65. The average molecular weight is 371 g/mol. The van der Waals surface area contributed by atoms with Crippen LogP contribution >= 0.6 is 0 Å². The summed E-state index contributed by atoms with van der Waals surface area (Å²) in [5.41, 5.74) is 1.49. The fourth-order valence-corrected chi connectivity index (χ4v) is 2.15. The van der Waals surface area contributed by atoms with Gasteiger partial charge in [-0.25, -0.2) is 4.18 Å². The van der Waals surface area contributed by atoms with Crippen molar-refractivity contribution >= 4 is 20.8 Å². The molecule has 6 atom stereocenters. The van der Waals surface area contributed by atoms with Gasteiger partial charge in [-0.15, -0.1) is 0 Å². The summed E-state index contributed by atoms with van der Waals surface area (Å²) in [7, 11) is -10.1. The summed E-state index contributed by atoms with van der Waals surface area (Å²) in [6.45, 7) is 0. The fraction of sp³-hybridized carbons (Fsp3) is 1.00. The zero-order valence-electron chi connectivity index (χ0n) is 10.3. The Kier molecular flexibility index (Phi) is 6.17. The van der Waals surface area contributed by atoms with Crippen molar-refractivity contribution in [2.45, 2.75) is 36.9 Å². The van der Waals surface area contributed by atoms with Gasteiger partial charge >= 0.3 is 20.8 Å². The van der Waals surface area contributed by atoms with Gasteiger partial charge in [0.2, 0.25) is 6.29 Å². The number of nitrogens with one attached hydrogen (secondary N) is 1. The SMILES string of the molecule is O=S(=O)(O)ON[C@@H]1[C@@H](O)[C@H](O)[C@@H](C(O)OS(=O)(=O)O)O[C@@H]1O. The number of aliphatic hydroxyl groups is 4. The molecule has 1 saturated heterocycles. The number of hydrogen-bond donors (Lipinski definition) is 7. The quantitative estimate of drug-likeness (QED) is 0.132. The predicted octanol–water partition coefficient (Wildman–Crippen LogP) is -4.74. The van der Waals surface area contributed by atoms with Crippen molar-refractivity contribution in [1.82, 2.24) is 5.48 Å². The second-order valence-corrected chi connectivity index (χ2v) is 6.11. The van der Waals surface area contributed by atoms with E-state index < -0.39 is 57.7 Å². The molecule has 1 fully saturated rings. The van der Waals surface area contributed by atoms with Crippen LogP contribution in [0, 0.1) is 0 Å². The van der Waals surface area contributed by atoms with Gasteiger partial charge in [0.05, 0.1) is 0 Å². The van der Waals surface area contributed by atoms with Gasteiger partial charge in [0.1, 0.15) is 24.4 Å². The maximum atomic E-state index is 10.4. The first-order valence-corrected chi connectivity index (χ1v) is 7.99. The summed E-state index contributed by atoms with van der Waals surface area (Å²) in [5.74, 6) is 0. The lowest BCUT2D eigenvalue weighted by Gasteiger charge is -2.41. The van der Waals surface area contributed by atoms with E-state index in [2.05, 4.69) is 13.2 Å². The fourth-order valence-electron chi connectivity index (χ4n) is 1.56. The molecule has 0 amide bonds. The standard InChI is InChI=1S/C6H13NO13S2/c8-2-1(7-20-22(15,16)17)5(10)18-4(3(2)9)6(11)19-21(12,13)14/h1-11H,(H,12,13,14)(H,15,16,17)/t1-,2-,3+,4+,5+,6?/m1/s1. The first kappa shape index (κ1) is 19.5. The molecule has 14 nitrogen and oxygen atoms in total. The molecule has 22 heavy (non-hydrogen) atoms. The molecule has 7 N–H and O–H groups in total. The van der Waals surface area contributed by atoms with E-state index in [0.29, 0.717) is 0 Å². The van der Waals surface area contributed by atoms with Crippen molar-refractivity contribution in [3.8, 4) is 0 Å². The van der Waals surface area contributed by atoms with E-state index in [-0.39, 0.29) is 0 Å². The molecule has 0 spiro atoms. The Balaban J connectivity index is 2.79. The van der Waals surface area contributed by atoms with Gasteiger partial charge in [0.25, 0.3) is 0 Å². The van der Waals surface area contributed by atoms with Gasteiger partial charge in [0, 0.05) is 0 Å². The summed E-state index contributed by atoms with van der Waals surface area (Å²) in [5, 5.41) is 38.0. The topological polar surface area (TPSA) is 229 Å². The highest BCUT2D eigenvalue weighted by Crippen LogP contribution is 2.23. The molecule has 0 saturated carbocycles. The third-order valence-electron chi connectivity index (χ3n) is 2.45. The van der Waals surface area contributed by atoms with Gasteiger partial charge in [-0.05, 0) is 0 Å². The van der Waals surface area contributed by atoms with Crippen molar-refractivity contribution in [3.63, 3.8) is 0 Å². The molecule has 16 heteroatoms. The molecule has 0 aromatic carbocycles. The van der Waals surface area contributed by atoms with Crippen LogP contribution in [0.15, 0.2) is 0 Å². The van der Waals surface area contributed by atoms with Crippen molar-refractivity contribution < 1.29 is 59.6 Å². The molecule has 1 aliphatic rings. The third kappa shape index (κ3) is 5.61. The van der Waals surface area contributed by atoms with Gasteiger partial charge in [-0.1, -0.05) is 0 Å². The predicted molar refractivity (Wildman–Crippen MR) is 61.1 cm³/mol. The first-order valence-electron chi connectivity index (χ1n) is 5.26. The van der Waals surface area contributed by atoms with E-state index in [0.717, 1.165) is 0 Å². The van der Waals surface area contributed by atoms with Crippen LogP contribution in [0.3, 0.4) is 0 Å². The summed E-state index contributed by atoms with van der Waals surface area (Å²) in [6.07, 6.45) is -10.8. The normalized spacial score (nSPS) is 35.3. The lowest BCUT2D eigenvalue weighted by atomic mass is 9.97. The maximum Gasteiger partial charge on any atom is 0.413 e. The zero-order chi connectivity index (χ0) is 17.3. The van der Waals surface area contributed by atoms with Gasteiger partial charge in [-0.3, -0.25) is 9.11 Å². The zero-order valence-corrected chi connectivity index (χ0v) is 12.0. The third-order valence-corrected chi connectivity index (χ3v) is 3.20. The molecule has 1 rings (SSSR count). The van der Waals surface area contributed by atoms with Crippen molar-refractivity contribution in [2.75, 3.05) is 0 Å². The molecule has 0 aromatic rings. The Hall–Kier alpha value is -0.500. The van der Waals surface area contributed by atoms with E-state index in [4.69, 9.17) is 9.11 Å². The highest BCUT2D eigenvalue weighted by molar-refractivity contribution is 7.81. The van der Waals surface area contributed by atoms with E-state index in [9.17, 15) is 37.3 Å². The van der Waals surface area contributed by atoms with Crippen LogP contribution in [-0.4, -0.2) is 83.3 Å². The number of aliphatic hydroxyl groups excluding tert-OH is 4. The molecular weight excluding hydrogens is 358 g/mol. The summed E-state index contributed by atoms with van der Waals surface area (Å²) < 4.78 is 70.1. The number of ether oxygens (including phenoxy) is 1. The van der Waals surface area contributed by atoms with Crippen LogP contribution in [0.4, 0.5) is 0 Å². The van der Waals surface area contributed by atoms with Crippen LogP contribution in [0.1, 0.15) is 0 Å². The molecule has 0 aliphatic carbocycles. The molecule has 0 aromatic heterocycles. The molecule has 1 aliphatic heterocycles. The van der Waals surface area contributed by atoms with Crippen molar-refractivity contribution in [3.05, 3.63) is 0 Å². The van der Waals surface area contributed by atoms with Crippen LogP contribution < -0.4 is 5.48 Å². The molecule has 0 radical (unpaired) electrons. The summed E-state index contributed by atoms with van der Waals surface area (Å²) in [6, 6.07) is -1.81. The second-order valence-electron chi connectivity index (χ2n) is 4.04. The number of hydrogen-bond acceptors (Lipinski definition) is 12. The Morgan fingerprint density at radius 2 is 1.55 bits per heavy atom. The largest absolute Gasteiger partial charge is 0.413 e. The van der Waals surface area contributed by atoms with E-state index in [1.54, 1.807) is 0 Å². The van der Waals surface area contributed by atoms with Crippen LogP contribution in [0.5, 0.6) is 0 Å². The van der Waals surface area contributed by atoms with Crippen LogP contribution in [-0.2, 0) is 34.0 Å². The highest BCUT2D eigenvalue weighted by atomic mass is 32.3. The van der Waals surface area contributed by atoms with E-state index in [1.165, 1.54) is 5.48 Å². The molecule has 1 heterocycles.